The minimum Gasteiger partial charge on any atom is -0.406 e. The molecular weight excluding hydrogens is 540 g/mol. The molecule has 0 aromatic heterocycles. The normalized spacial score (nSPS) is 24.2. The van der Waals surface area contributed by atoms with Crippen LogP contribution < -0.4 is 15.4 Å². The van der Waals surface area contributed by atoms with Crippen molar-refractivity contribution >= 4 is 11.8 Å². The maximum absolute atomic E-state index is 13.5. The summed E-state index contributed by atoms with van der Waals surface area (Å²) in [6.07, 6.45) is -6.58. The van der Waals surface area contributed by atoms with E-state index in [1.54, 1.807) is 0 Å². The Balaban J connectivity index is 1.32. The summed E-state index contributed by atoms with van der Waals surface area (Å²) in [6, 6.07) is 8.37. The summed E-state index contributed by atoms with van der Waals surface area (Å²) in [6.45, 7) is 2.64. The Bertz CT molecular complexity index is 1220. The van der Waals surface area contributed by atoms with Crippen LogP contribution in [0.25, 0.3) is 0 Å². The van der Waals surface area contributed by atoms with Crippen LogP contribution in [0.4, 0.5) is 26.3 Å². The second-order valence-corrected chi connectivity index (χ2v) is 10.8. The SMILES string of the molecule is O=C(NC1CN2CCC1CC2)C(Cc1ccc(C(F)(F)F)cc1)NC(=O)C1(c2ccc(OC(F)(F)F)cc2)CC1. The molecule has 40 heavy (non-hydrogen) atoms. The fourth-order valence-corrected chi connectivity index (χ4v) is 5.73. The molecule has 1 saturated carbocycles. The van der Waals surface area contributed by atoms with Crippen molar-refractivity contribution in [2.24, 2.45) is 5.92 Å². The summed E-state index contributed by atoms with van der Waals surface area (Å²) in [5, 5.41) is 5.85. The van der Waals surface area contributed by atoms with E-state index in [4.69, 9.17) is 0 Å². The minimum atomic E-state index is -4.84. The number of halogens is 6. The highest BCUT2D eigenvalue weighted by Crippen LogP contribution is 2.49. The number of carbonyl (C=O) groups is 2. The van der Waals surface area contributed by atoms with Gasteiger partial charge in [0.1, 0.15) is 11.8 Å². The van der Waals surface area contributed by atoms with E-state index in [1.165, 1.54) is 24.3 Å². The lowest BCUT2D eigenvalue weighted by molar-refractivity contribution is -0.274. The topological polar surface area (TPSA) is 70.7 Å². The fourth-order valence-electron chi connectivity index (χ4n) is 5.73. The molecule has 4 fully saturated rings. The van der Waals surface area contributed by atoms with Gasteiger partial charge in [-0.1, -0.05) is 24.3 Å². The van der Waals surface area contributed by atoms with Gasteiger partial charge in [-0.05, 0) is 80.1 Å². The lowest BCUT2D eigenvalue weighted by Crippen LogP contribution is -2.60. The first-order valence-electron chi connectivity index (χ1n) is 13.2. The Labute approximate surface area is 227 Å². The summed E-state index contributed by atoms with van der Waals surface area (Å²) in [7, 11) is 0. The molecule has 0 radical (unpaired) electrons. The highest BCUT2D eigenvalue weighted by Gasteiger charge is 2.52. The average molecular weight is 570 g/mol. The average Bonchev–Trinajstić information content (AvgIpc) is 3.70. The van der Waals surface area contributed by atoms with Crippen LogP contribution in [0.1, 0.15) is 42.4 Å². The fraction of sp³-hybridized carbons (Fsp3) is 0.500. The molecule has 2 bridgehead atoms. The third-order valence-corrected chi connectivity index (χ3v) is 8.15. The smallest absolute Gasteiger partial charge is 0.406 e. The van der Waals surface area contributed by atoms with Gasteiger partial charge in [0.15, 0.2) is 0 Å². The van der Waals surface area contributed by atoms with Crippen LogP contribution >= 0.6 is 0 Å². The van der Waals surface area contributed by atoms with Crippen LogP contribution in [0.2, 0.25) is 0 Å². The lowest BCUT2D eigenvalue weighted by Gasteiger charge is -2.45. The van der Waals surface area contributed by atoms with Crippen molar-refractivity contribution in [3.05, 3.63) is 65.2 Å². The predicted octanol–water partition coefficient (Wildman–Crippen LogP) is 4.57. The zero-order chi connectivity index (χ0) is 28.7. The quantitative estimate of drug-likeness (QED) is 0.457. The van der Waals surface area contributed by atoms with Gasteiger partial charge in [-0.3, -0.25) is 9.59 Å². The highest BCUT2D eigenvalue weighted by molar-refractivity contribution is 5.95. The van der Waals surface area contributed by atoms with E-state index in [9.17, 15) is 35.9 Å². The molecule has 2 aromatic carbocycles. The van der Waals surface area contributed by atoms with Gasteiger partial charge >= 0.3 is 12.5 Å². The number of piperidine rings is 3. The molecule has 2 atom stereocenters. The molecule has 3 aliphatic heterocycles. The first kappa shape index (κ1) is 28.3. The van der Waals surface area contributed by atoms with E-state index in [0.717, 1.165) is 50.2 Å². The zero-order valence-corrected chi connectivity index (χ0v) is 21.4. The zero-order valence-electron chi connectivity index (χ0n) is 21.4. The number of rotatable bonds is 8. The molecule has 3 saturated heterocycles. The van der Waals surface area contributed by atoms with Gasteiger partial charge in [-0.15, -0.1) is 13.2 Å². The highest BCUT2D eigenvalue weighted by atomic mass is 19.4. The number of ether oxygens (including phenoxy) is 1. The monoisotopic (exact) mass is 569 g/mol. The molecule has 4 aliphatic rings. The summed E-state index contributed by atoms with van der Waals surface area (Å²) in [5.41, 5.74) is -0.889. The van der Waals surface area contributed by atoms with Crippen LogP contribution in [0.15, 0.2) is 48.5 Å². The molecular formula is C28H29F6N3O3. The van der Waals surface area contributed by atoms with Crippen molar-refractivity contribution in [1.82, 2.24) is 15.5 Å². The van der Waals surface area contributed by atoms with Crippen LogP contribution in [0, 0.1) is 5.92 Å². The second-order valence-electron chi connectivity index (χ2n) is 10.8. The Hall–Kier alpha value is -3.28. The number of nitrogens with one attached hydrogen (secondary N) is 2. The third-order valence-electron chi connectivity index (χ3n) is 8.15. The number of hydrogen-bond donors (Lipinski definition) is 2. The van der Waals surface area contributed by atoms with E-state index in [-0.39, 0.29) is 12.5 Å². The van der Waals surface area contributed by atoms with Crippen LogP contribution in [-0.4, -0.2) is 54.8 Å². The van der Waals surface area contributed by atoms with Crippen LogP contribution in [0.5, 0.6) is 5.75 Å². The third kappa shape index (κ3) is 6.37. The molecule has 3 heterocycles. The van der Waals surface area contributed by atoms with Gasteiger partial charge in [-0.2, -0.15) is 13.2 Å². The largest absolute Gasteiger partial charge is 0.573 e. The Morgan fingerprint density at radius 2 is 1.57 bits per heavy atom. The van der Waals surface area contributed by atoms with E-state index in [0.29, 0.717) is 36.4 Å². The second kappa shape index (κ2) is 10.6. The first-order chi connectivity index (χ1) is 18.8. The van der Waals surface area contributed by atoms with Crippen molar-refractivity contribution in [3.63, 3.8) is 0 Å². The molecule has 2 aromatic rings. The Morgan fingerprint density at radius 1 is 0.950 bits per heavy atom. The number of hydrogen-bond acceptors (Lipinski definition) is 4. The van der Waals surface area contributed by atoms with Crippen molar-refractivity contribution in [2.75, 3.05) is 19.6 Å². The van der Waals surface area contributed by atoms with E-state index < -0.39 is 47.1 Å². The number of fused-ring (bicyclic) bond motifs is 3. The van der Waals surface area contributed by atoms with Crippen molar-refractivity contribution in [3.8, 4) is 5.75 Å². The van der Waals surface area contributed by atoms with Crippen molar-refractivity contribution in [1.29, 1.82) is 0 Å². The molecule has 12 heteroatoms. The number of nitrogens with zero attached hydrogens (tertiary/aromatic N) is 1. The molecule has 2 amide bonds. The van der Waals surface area contributed by atoms with Gasteiger partial charge in [0.2, 0.25) is 11.8 Å². The number of benzene rings is 2. The molecule has 1 aliphatic carbocycles. The Morgan fingerprint density at radius 3 is 2.08 bits per heavy atom. The summed E-state index contributed by atoms with van der Waals surface area (Å²) >= 11 is 0. The van der Waals surface area contributed by atoms with Gasteiger partial charge in [0.05, 0.1) is 11.0 Å². The van der Waals surface area contributed by atoms with Crippen molar-refractivity contribution < 1.29 is 40.7 Å². The Kier molecular flexibility index (Phi) is 7.49. The summed E-state index contributed by atoms with van der Waals surface area (Å²) in [4.78, 5) is 29.2. The lowest BCUT2D eigenvalue weighted by atomic mass is 9.84. The number of carbonyl (C=O) groups excluding carboxylic acids is 2. The first-order valence-corrected chi connectivity index (χ1v) is 13.2. The van der Waals surface area contributed by atoms with E-state index in [2.05, 4.69) is 20.3 Å². The van der Waals surface area contributed by atoms with Crippen LogP contribution in [0.3, 0.4) is 0 Å². The molecule has 0 spiro atoms. The number of alkyl halides is 6. The van der Waals surface area contributed by atoms with Gasteiger partial charge in [0.25, 0.3) is 0 Å². The summed E-state index contributed by atoms with van der Waals surface area (Å²) < 4.78 is 80.6. The minimum absolute atomic E-state index is 0.0226. The van der Waals surface area contributed by atoms with E-state index >= 15 is 0 Å². The standard InChI is InChI=1S/C28H29F6N3O3/c29-27(30,31)20-3-1-17(2-4-20)15-22(24(38)35-23-16-37-13-9-18(23)10-14-37)36-25(39)26(11-12-26)19-5-7-21(8-6-19)40-28(32,33)34/h1-8,18,22-23H,9-16H2,(H,35,38)(H,36,39). The van der Waals surface area contributed by atoms with Crippen molar-refractivity contribution in [2.45, 2.75) is 62.1 Å². The van der Waals surface area contributed by atoms with Crippen LogP contribution in [-0.2, 0) is 27.6 Å². The maximum atomic E-state index is 13.5. The van der Waals surface area contributed by atoms with Gasteiger partial charge in [-0.25, -0.2) is 0 Å². The van der Waals surface area contributed by atoms with E-state index in [1.807, 2.05) is 0 Å². The summed E-state index contributed by atoms with van der Waals surface area (Å²) in [5.74, 6) is -0.970. The molecule has 6 rings (SSSR count). The maximum Gasteiger partial charge on any atom is 0.573 e. The van der Waals surface area contributed by atoms with Gasteiger partial charge < -0.3 is 20.3 Å². The molecule has 216 valence electrons. The van der Waals surface area contributed by atoms with Gasteiger partial charge in [0, 0.05) is 19.0 Å². The molecule has 6 nitrogen and oxygen atoms in total. The number of amides is 2. The molecule has 2 unspecified atom stereocenters. The predicted molar refractivity (Wildman–Crippen MR) is 132 cm³/mol. The molecule has 2 N–H and O–H groups in total.